The van der Waals surface area contributed by atoms with Gasteiger partial charge in [0.15, 0.2) is 5.03 Å². The Labute approximate surface area is 212 Å². The molecule has 0 spiro atoms. The average molecular weight is 531 g/mol. The molecular formula is C24H20Cl2N4O4S. The SMILES string of the molecule is COc1ccc(S(=O)(=O)c2c(/C=N/OCc3ccc(Cl)nc3)c(C)nn2-c2ccc(Cl)cc2)cc1. The van der Waals surface area contributed by atoms with Gasteiger partial charge in [0.2, 0.25) is 9.84 Å². The quantitative estimate of drug-likeness (QED) is 0.175. The van der Waals surface area contributed by atoms with Crippen molar-refractivity contribution in [2.45, 2.75) is 23.5 Å². The van der Waals surface area contributed by atoms with Gasteiger partial charge in [-0.15, -0.1) is 0 Å². The Balaban J connectivity index is 1.75. The maximum Gasteiger partial charge on any atom is 0.224 e. The van der Waals surface area contributed by atoms with Gasteiger partial charge in [-0.2, -0.15) is 5.10 Å². The zero-order valence-electron chi connectivity index (χ0n) is 18.7. The van der Waals surface area contributed by atoms with Crippen molar-refractivity contribution in [1.29, 1.82) is 0 Å². The topological polar surface area (TPSA) is 95.7 Å². The molecule has 4 rings (SSSR count). The van der Waals surface area contributed by atoms with Gasteiger partial charge in [-0.25, -0.2) is 18.1 Å². The lowest BCUT2D eigenvalue weighted by Crippen LogP contribution is -2.12. The van der Waals surface area contributed by atoms with Gasteiger partial charge in [0.05, 0.1) is 35.2 Å². The number of nitrogens with zero attached hydrogens (tertiary/aromatic N) is 4. The van der Waals surface area contributed by atoms with E-state index < -0.39 is 9.84 Å². The average Bonchev–Trinajstić information content (AvgIpc) is 3.20. The van der Waals surface area contributed by atoms with Crippen LogP contribution in [0.2, 0.25) is 10.2 Å². The molecule has 8 nitrogen and oxygen atoms in total. The summed E-state index contributed by atoms with van der Waals surface area (Å²) < 4.78 is 34.0. The second kappa shape index (κ2) is 10.5. The summed E-state index contributed by atoms with van der Waals surface area (Å²) in [7, 11) is -2.51. The molecule has 11 heteroatoms. The van der Waals surface area contributed by atoms with Crippen LogP contribution in [0.4, 0.5) is 0 Å². The summed E-state index contributed by atoms with van der Waals surface area (Å²) in [4.78, 5) is 9.44. The van der Waals surface area contributed by atoms with E-state index in [1.165, 1.54) is 30.1 Å². The summed E-state index contributed by atoms with van der Waals surface area (Å²) in [5, 5.41) is 9.31. The van der Waals surface area contributed by atoms with Gasteiger partial charge in [0.25, 0.3) is 0 Å². The molecule has 0 saturated heterocycles. The van der Waals surface area contributed by atoms with Crippen LogP contribution in [-0.4, -0.2) is 36.5 Å². The summed E-state index contributed by atoms with van der Waals surface area (Å²) in [5.74, 6) is 0.540. The molecule has 0 radical (unpaired) electrons. The molecule has 180 valence electrons. The number of aryl methyl sites for hydroxylation is 1. The van der Waals surface area contributed by atoms with E-state index in [4.69, 9.17) is 32.8 Å². The normalized spacial score (nSPS) is 11.7. The number of halogens is 2. The minimum Gasteiger partial charge on any atom is -0.497 e. The Kier molecular flexibility index (Phi) is 7.39. The van der Waals surface area contributed by atoms with Crippen LogP contribution in [0.1, 0.15) is 16.8 Å². The van der Waals surface area contributed by atoms with E-state index in [9.17, 15) is 8.42 Å². The zero-order valence-corrected chi connectivity index (χ0v) is 21.0. The highest BCUT2D eigenvalue weighted by Crippen LogP contribution is 2.29. The Morgan fingerprint density at radius 1 is 1.03 bits per heavy atom. The van der Waals surface area contributed by atoms with Gasteiger partial charge in [-0.3, -0.25) is 0 Å². The van der Waals surface area contributed by atoms with E-state index >= 15 is 0 Å². The lowest BCUT2D eigenvalue weighted by molar-refractivity contribution is 0.132. The first-order valence-corrected chi connectivity index (χ1v) is 12.5. The van der Waals surface area contributed by atoms with Crippen LogP contribution in [-0.2, 0) is 21.3 Å². The minimum atomic E-state index is -4.02. The monoisotopic (exact) mass is 530 g/mol. The number of ether oxygens (including phenoxy) is 1. The largest absolute Gasteiger partial charge is 0.497 e. The molecule has 0 fully saturated rings. The predicted octanol–water partition coefficient (Wildman–Crippen LogP) is 5.27. The van der Waals surface area contributed by atoms with Gasteiger partial charge in [0.1, 0.15) is 17.5 Å². The van der Waals surface area contributed by atoms with Crippen LogP contribution < -0.4 is 4.74 Å². The molecule has 0 aliphatic heterocycles. The Morgan fingerprint density at radius 2 is 1.74 bits per heavy atom. The number of aromatic nitrogens is 3. The van der Waals surface area contributed by atoms with Crippen molar-refractivity contribution in [3.63, 3.8) is 0 Å². The summed E-state index contributed by atoms with van der Waals surface area (Å²) in [6.07, 6.45) is 2.91. The first-order valence-electron chi connectivity index (χ1n) is 10.3. The summed E-state index contributed by atoms with van der Waals surface area (Å²) in [6.45, 7) is 1.83. The van der Waals surface area contributed by atoms with E-state index in [2.05, 4.69) is 15.2 Å². The molecule has 0 amide bonds. The van der Waals surface area contributed by atoms with E-state index in [-0.39, 0.29) is 16.5 Å². The fraction of sp³-hybridized carbons (Fsp3) is 0.125. The molecule has 2 heterocycles. The predicted molar refractivity (Wildman–Crippen MR) is 133 cm³/mol. The van der Waals surface area contributed by atoms with E-state index in [1.807, 2.05) is 0 Å². The molecule has 0 bridgehead atoms. The number of methoxy groups -OCH3 is 1. The highest BCUT2D eigenvalue weighted by molar-refractivity contribution is 7.91. The van der Waals surface area contributed by atoms with Crippen LogP contribution in [0, 0.1) is 6.92 Å². The third-order valence-electron chi connectivity index (χ3n) is 5.03. The van der Waals surface area contributed by atoms with Gasteiger partial charge >= 0.3 is 0 Å². The maximum atomic E-state index is 13.8. The second-order valence-electron chi connectivity index (χ2n) is 7.37. The van der Waals surface area contributed by atoms with E-state index in [1.54, 1.807) is 61.7 Å². The van der Waals surface area contributed by atoms with Gasteiger partial charge in [-0.05, 0) is 61.5 Å². The fourth-order valence-electron chi connectivity index (χ4n) is 3.24. The molecule has 0 atom stereocenters. The molecule has 2 aromatic heterocycles. The second-order valence-corrected chi connectivity index (χ2v) is 10.1. The van der Waals surface area contributed by atoms with Crippen LogP contribution in [0.3, 0.4) is 0 Å². The summed E-state index contributed by atoms with van der Waals surface area (Å²) >= 11 is 11.8. The van der Waals surface area contributed by atoms with Crippen molar-refractivity contribution in [2.24, 2.45) is 5.16 Å². The van der Waals surface area contributed by atoms with Crippen LogP contribution in [0.25, 0.3) is 5.69 Å². The summed E-state index contributed by atoms with van der Waals surface area (Å²) in [5.41, 5.74) is 2.03. The van der Waals surface area contributed by atoms with Crippen molar-refractivity contribution in [3.05, 3.63) is 93.9 Å². The number of sulfone groups is 1. The van der Waals surface area contributed by atoms with Crippen molar-refractivity contribution in [1.82, 2.24) is 14.8 Å². The standard InChI is InChI=1S/C24H20Cl2N4O4S/c1-16-22(14-28-34-15-17-3-12-23(26)27-13-17)24(30(29-16)19-6-4-18(25)5-7-19)35(31,32)21-10-8-20(33-2)9-11-21/h3-14H,15H2,1-2H3/b28-14+. The Hall–Kier alpha value is -3.40. The third-order valence-corrected chi connectivity index (χ3v) is 7.30. The molecule has 35 heavy (non-hydrogen) atoms. The number of pyridine rings is 1. The molecule has 0 N–H and O–H groups in total. The van der Waals surface area contributed by atoms with Crippen molar-refractivity contribution < 1.29 is 18.0 Å². The molecule has 0 unspecified atom stereocenters. The molecule has 0 aliphatic carbocycles. The van der Waals surface area contributed by atoms with Gasteiger partial charge in [0, 0.05) is 16.8 Å². The number of oxime groups is 1. The van der Waals surface area contributed by atoms with E-state index in [0.29, 0.717) is 32.9 Å². The fourth-order valence-corrected chi connectivity index (χ4v) is 5.06. The number of benzene rings is 2. The van der Waals surface area contributed by atoms with Gasteiger partial charge in [-0.1, -0.05) is 34.4 Å². The lowest BCUT2D eigenvalue weighted by atomic mass is 10.3. The molecule has 0 aliphatic rings. The number of rotatable bonds is 8. The van der Waals surface area contributed by atoms with Crippen LogP contribution in [0.15, 0.2) is 81.9 Å². The van der Waals surface area contributed by atoms with Crippen molar-refractivity contribution in [2.75, 3.05) is 7.11 Å². The zero-order chi connectivity index (χ0) is 25.0. The van der Waals surface area contributed by atoms with Crippen LogP contribution >= 0.6 is 23.2 Å². The molecule has 4 aromatic rings. The Morgan fingerprint density at radius 3 is 2.37 bits per heavy atom. The molecule has 2 aromatic carbocycles. The molecular weight excluding hydrogens is 511 g/mol. The minimum absolute atomic E-state index is 0.0528. The third kappa shape index (κ3) is 5.48. The van der Waals surface area contributed by atoms with E-state index in [0.717, 1.165) is 5.56 Å². The molecule has 0 saturated carbocycles. The highest BCUT2D eigenvalue weighted by Gasteiger charge is 2.29. The summed E-state index contributed by atoms with van der Waals surface area (Å²) in [6, 6.07) is 16.2. The smallest absolute Gasteiger partial charge is 0.224 e. The maximum absolute atomic E-state index is 13.8. The van der Waals surface area contributed by atoms with Crippen molar-refractivity contribution >= 4 is 39.3 Å². The van der Waals surface area contributed by atoms with Gasteiger partial charge < -0.3 is 9.57 Å². The van der Waals surface area contributed by atoms with Crippen molar-refractivity contribution in [3.8, 4) is 11.4 Å². The number of hydrogen-bond donors (Lipinski definition) is 0. The van der Waals surface area contributed by atoms with Crippen LogP contribution in [0.5, 0.6) is 5.75 Å². The number of hydrogen-bond acceptors (Lipinski definition) is 7. The highest BCUT2D eigenvalue weighted by atomic mass is 35.5. The first kappa shape index (κ1) is 24.7. The lowest BCUT2D eigenvalue weighted by Gasteiger charge is -2.10. The Bertz CT molecular complexity index is 1450. The first-order chi connectivity index (χ1) is 16.8.